The van der Waals surface area contributed by atoms with E-state index in [1.165, 1.54) is 0 Å². The Balaban J connectivity index is 2.26. The van der Waals surface area contributed by atoms with E-state index in [0.717, 1.165) is 25.9 Å². The summed E-state index contributed by atoms with van der Waals surface area (Å²) in [5.74, 6) is 0. The van der Waals surface area contributed by atoms with Gasteiger partial charge in [-0.3, -0.25) is 0 Å². The Bertz CT molecular complexity index is 255. The van der Waals surface area contributed by atoms with Gasteiger partial charge in [-0.15, -0.1) is 6.58 Å². The molecule has 1 N–H and O–H groups in total. The van der Waals surface area contributed by atoms with Crippen LogP contribution in [0.15, 0.2) is 12.7 Å². The fraction of sp³-hybridized carbons (Fsp3) is 0.867. The second kappa shape index (κ2) is 12.1. The van der Waals surface area contributed by atoms with Gasteiger partial charge in [0.2, 0.25) is 0 Å². The lowest BCUT2D eigenvalue weighted by Crippen LogP contribution is -2.35. The van der Waals surface area contributed by atoms with E-state index in [1.54, 1.807) is 13.2 Å². The van der Waals surface area contributed by atoms with Gasteiger partial charge in [-0.05, 0) is 19.3 Å². The molecule has 0 aromatic carbocycles. The zero-order valence-electron chi connectivity index (χ0n) is 12.9. The zero-order chi connectivity index (χ0) is 15.3. The van der Waals surface area contributed by atoms with Crippen LogP contribution in [0.4, 0.5) is 0 Å². The summed E-state index contributed by atoms with van der Waals surface area (Å²) < 4.78 is 27.2. The van der Waals surface area contributed by atoms with Gasteiger partial charge >= 0.3 is 0 Å². The third-order valence-electron chi connectivity index (χ3n) is 2.99. The van der Waals surface area contributed by atoms with Gasteiger partial charge < -0.3 is 28.8 Å². The van der Waals surface area contributed by atoms with E-state index < -0.39 is 6.10 Å². The zero-order valence-corrected chi connectivity index (χ0v) is 12.9. The molecule has 0 aliphatic carbocycles. The van der Waals surface area contributed by atoms with Crippen LogP contribution in [0.25, 0.3) is 0 Å². The van der Waals surface area contributed by atoms with Crippen molar-refractivity contribution in [2.75, 3.05) is 46.8 Å². The standard InChI is InChI=1S/C15H28O6/c1-3-7-18-11-14(12-19-10-13(16)9-17-2)21-15-6-4-5-8-20-15/h3,13-16H,1,4-12H2,2H3. The average molecular weight is 304 g/mol. The van der Waals surface area contributed by atoms with Crippen LogP contribution in [0.5, 0.6) is 0 Å². The van der Waals surface area contributed by atoms with Gasteiger partial charge in [-0.2, -0.15) is 0 Å². The molecular weight excluding hydrogens is 276 g/mol. The highest BCUT2D eigenvalue weighted by molar-refractivity contribution is 4.66. The fourth-order valence-electron chi connectivity index (χ4n) is 2.02. The summed E-state index contributed by atoms with van der Waals surface area (Å²) in [5.41, 5.74) is 0. The first kappa shape index (κ1) is 18.5. The van der Waals surface area contributed by atoms with Crippen LogP contribution in [0.3, 0.4) is 0 Å². The van der Waals surface area contributed by atoms with Crippen molar-refractivity contribution in [1.29, 1.82) is 0 Å². The Morgan fingerprint density at radius 1 is 1.24 bits per heavy atom. The lowest BCUT2D eigenvalue weighted by Gasteiger charge is -2.27. The average Bonchev–Trinajstić information content (AvgIpc) is 2.48. The van der Waals surface area contributed by atoms with Crippen LogP contribution < -0.4 is 0 Å². The highest BCUT2D eigenvalue weighted by atomic mass is 16.7. The molecule has 6 heteroatoms. The molecule has 6 nitrogen and oxygen atoms in total. The van der Waals surface area contributed by atoms with Crippen LogP contribution in [-0.4, -0.2) is 70.4 Å². The van der Waals surface area contributed by atoms with Gasteiger partial charge in [-0.1, -0.05) is 6.08 Å². The monoisotopic (exact) mass is 304 g/mol. The predicted molar refractivity (Wildman–Crippen MR) is 78.2 cm³/mol. The topological polar surface area (TPSA) is 66.4 Å². The largest absolute Gasteiger partial charge is 0.388 e. The Morgan fingerprint density at radius 2 is 2.05 bits per heavy atom. The molecule has 0 aromatic heterocycles. The first-order valence-corrected chi connectivity index (χ1v) is 7.46. The number of methoxy groups -OCH3 is 1. The highest BCUT2D eigenvalue weighted by Gasteiger charge is 2.20. The number of rotatable bonds is 12. The number of ether oxygens (including phenoxy) is 5. The third-order valence-corrected chi connectivity index (χ3v) is 2.99. The molecule has 0 spiro atoms. The van der Waals surface area contributed by atoms with Gasteiger partial charge in [0, 0.05) is 13.7 Å². The van der Waals surface area contributed by atoms with E-state index in [-0.39, 0.29) is 25.6 Å². The van der Waals surface area contributed by atoms with Crippen LogP contribution in [0, 0.1) is 0 Å². The number of hydrogen-bond donors (Lipinski definition) is 1. The van der Waals surface area contributed by atoms with Gasteiger partial charge in [0.15, 0.2) is 6.29 Å². The Morgan fingerprint density at radius 3 is 2.71 bits per heavy atom. The second-order valence-electron chi connectivity index (χ2n) is 5.03. The summed E-state index contributed by atoms with van der Waals surface area (Å²) in [6, 6.07) is 0. The van der Waals surface area contributed by atoms with Crippen molar-refractivity contribution in [3.63, 3.8) is 0 Å². The van der Waals surface area contributed by atoms with Crippen LogP contribution in [0.1, 0.15) is 19.3 Å². The lowest BCUT2D eigenvalue weighted by molar-refractivity contribution is -0.208. The molecule has 1 heterocycles. The lowest BCUT2D eigenvalue weighted by atomic mass is 10.2. The summed E-state index contributed by atoms with van der Waals surface area (Å²) in [5, 5.41) is 9.54. The van der Waals surface area contributed by atoms with E-state index in [0.29, 0.717) is 19.8 Å². The molecular formula is C15H28O6. The van der Waals surface area contributed by atoms with Gasteiger partial charge in [0.1, 0.15) is 12.2 Å². The van der Waals surface area contributed by atoms with E-state index in [9.17, 15) is 5.11 Å². The van der Waals surface area contributed by atoms with Gasteiger partial charge in [0.05, 0.1) is 33.0 Å². The first-order chi connectivity index (χ1) is 10.3. The van der Waals surface area contributed by atoms with E-state index in [4.69, 9.17) is 23.7 Å². The van der Waals surface area contributed by atoms with Crippen molar-refractivity contribution < 1.29 is 28.8 Å². The third kappa shape index (κ3) is 9.18. The van der Waals surface area contributed by atoms with Gasteiger partial charge in [0.25, 0.3) is 0 Å². The molecule has 1 aliphatic heterocycles. The summed E-state index contributed by atoms with van der Waals surface area (Å²) in [6.07, 6.45) is 3.74. The van der Waals surface area contributed by atoms with Crippen molar-refractivity contribution in [2.45, 2.75) is 37.8 Å². The van der Waals surface area contributed by atoms with Crippen molar-refractivity contribution in [2.24, 2.45) is 0 Å². The molecule has 124 valence electrons. The number of hydrogen-bond acceptors (Lipinski definition) is 6. The highest BCUT2D eigenvalue weighted by Crippen LogP contribution is 2.16. The van der Waals surface area contributed by atoms with Crippen molar-refractivity contribution >= 4 is 0 Å². The predicted octanol–water partition coefficient (Wildman–Crippen LogP) is 1.12. The van der Waals surface area contributed by atoms with Crippen LogP contribution >= 0.6 is 0 Å². The minimum Gasteiger partial charge on any atom is -0.388 e. The molecule has 21 heavy (non-hydrogen) atoms. The van der Waals surface area contributed by atoms with Crippen molar-refractivity contribution in [3.05, 3.63) is 12.7 Å². The minimum absolute atomic E-state index is 0.191. The summed E-state index contributed by atoms with van der Waals surface area (Å²) in [6.45, 7) is 6.03. The van der Waals surface area contributed by atoms with E-state index in [2.05, 4.69) is 6.58 Å². The number of aliphatic hydroxyl groups excluding tert-OH is 1. The molecule has 1 aliphatic rings. The molecule has 3 atom stereocenters. The molecule has 1 saturated heterocycles. The summed E-state index contributed by atoms with van der Waals surface area (Å²) in [7, 11) is 1.54. The molecule has 0 amide bonds. The molecule has 3 unspecified atom stereocenters. The summed E-state index contributed by atoms with van der Waals surface area (Å²) >= 11 is 0. The van der Waals surface area contributed by atoms with Crippen molar-refractivity contribution in [3.8, 4) is 0 Å². The maximum atomic E-state index is 9.54. The Labute approximate surface area is 127 Å². The van der Waals surface area contributed by atoms with Crippen molar-refractivity contribution in [1.82, 2.24) is 0 Å². The van der Waals surface area contributed by atoms with Gasteiger partial charge in [-0.25, -0.2) is 0 Å². The van der Waals surface area contributed by atoms with E-state index in [1.807, 2.05) is 0 Å². The number of aliphatic hydroxyl groups is 1. The van der Waals surface area contributed by atoms with E-state index >= 15 is 0 Å². The molecule has 0 radical (unpaired) electrons. The first-order valence-electron chi connectivity index (χ1n) is 7.46. The normalized spacial score (nSPS) is 21.9. The SMILES string of the molecule is C=CCOCC(COCC(O)COC)OC1CCCCO1. The molecule has 1 rings (SSSR count). The fourth-order valence-corrected chi connectivity index (χ4v) is 2.02. The smallest absolute Gasteiger partial charge is 0.158 e. The quantitative estimate of drug-likeness (QED) is 0.430. The molecule has 1 fully saturated rings. The second-order valence-corrected chi connectivity index (χ2v) is 5.03. The molecule has 0 aromatic rings. The molecule has 0 bridgehead atoms. The minimum atomic E-state index is -0.629. The van der Waals surface area contributed by atoms with Crippen LogP contribution in [0.2, 0.25) is 0 Å². The Hall–Kier alpha value is -0.500. The maximum absolute atomic E-state index is 9.54. The van der Waals surface area contributed by atoms with Crippen LogP contribution in [-0.2, 0) is 23.7 Å². The maximum Gasteiger partial charge on any atom is 0.158 e. The Kier molecular flexibility index (Phi) is 10.7. The molecule has 0 saturated carbocycles. The summed E-state index contributed by atoms with van der Waals surface area (Å²) in [4.78, 5) is 0.